The average Bonchev–Trinajstić information content (AvgIpc) is 2.30. The Labute approximate surface area is 111 Å². The van der Waals surface area contributed by atoms with Crippen LogP contribution in [-0.2, 0) is 5.33 Å². The third kappa shape index (κ3) is 2.49. The predicted octanol–water partition coefficient (Wildman–Crippen LogP) is 3.87. The van der Waals surface area contributed by atoms with Gasteiger partial charge in [0.05, 0.1) is 0 Å². The fraction of sp³-hybridized carbons (Fsp3) is 0.643. The number of hydrogen-bond acceptors (Lipinski definition) is 1. The minimum Gasteiger partial charge on any atom is -0.310 e. The lowest BCUT2D eigenvalue weighted by Crippen LogP contribution is -2.31. The number of pyridine rings is 1. The van der Waals surface area contributed by atoms with Crippen LogP contribution in [0.15, 0.2) is 10.9 Å². The third-order valence-electron chi connectivity index (χ3n) is 3.83. The summed E-state index contributed by atoms with van der Waals surface area (Å²) in [5.74, 6) is 0. The summed E-state index contributed by atoms with van der Waals surface area (Å²) in [6.45, 7) is 4.08. The van der Waals surface area contributed by atoms with E-state index < -0.39 is 0 Å². The van der Waals surface area contributed by atoms with E-state index in [-0.39, 0.29) is 5.56 Å². The topological polar surface area (TPSA) is 22.0 Å². The van der Waals surface area contributed by atoms with E-state index in [4.69, 9.17) is 0 Å². The summed E-state index contributed by atoms with van der Waals surface area (Å²) in [6, 6.07) is 2.57. The van der Waals surface area contributed by atoms with Crippen molar-refractivity contribution >= 4 is 15.9 Å². The summed E-state index contributed by atoms with van der Waals surface area (Å²) in [7, 11) is 0. The zero-order valence-electron chi connectivity index (χ0n) is 10.6. The van der Waals surface area contributed by atoms with Crippen molar-refractivity contribution < 1.29 is 0 Å². The van der Waals surface area contributed by atoms with Crippen molar-refractivity contribution in [3.8, 4) is 0 Å². The van der Waals surface area contributed by atoms with Gasteiger partial charge < -0.3 is 4.57 Å². The SMILES string of the molecule is Cc1cc(C)n(C2CCCCC2)c(=O)c1CBr. The fourth-order valence-electron chi connectivity index (χ4n) is 2.90. The zero-order valence-corrected chi connectivity index (χ0v) is 12.2. The van der Waals surface area contributed by atoms with E-state index in [0.717, 1.165) is 29.7 Å². The first-order valence-corrected chi connectivity index (χ1v) is 7.55. The van der Waals surface area contributed by atoms with Crippen LogP contribution in [0.2, 0.25) is 0 Å². The number of rotatable bonds is 2. The normalized spacial score (nSPS) is 17.4. The predicted molar refractivity (Wildman–Crippen MR) is 74.9 cm³/mol. The largest absolute Gasteiger partial charge is 0.310 e. The minimum absolute atomic E-state index is 0.214. The highest BCUT2D eigenvalue weighted by Gasteiger charge is 2.19. The minimum atomic E-state index is 0.214. The highest BCUT2D eigenvalue weighted by atomic mass is 79.9. The Morgan fingerprint density at radius 1 is 1.29 bits per heavy atom. The average molecular weight is 298 g/mol. The van der Waals surface area contributed by atoms with Gasteiger partial charge in [0.1, 0.15) is 0 Å². The fourth-order valence-corrected chi connectivity index (χ4v) is 3.58. The van der Waals surface area contributed by atoms with Gasteiger partial charge in [-0.1, -0.05) is 35.2 Å². The molecule has 1 aromatic heterocycles. The molecular weight excluding hydrogens is 278 g/mol. The summed E-state index contributed by atoms with van der Waals surface area (Å²) in [4.78, 5) is 12.5. The number of halogens is 1. The summed E-state index contributed by atoms with van der Waals surface area (Å²) in [5.41, 5.74) is 3.35. The number of aromatic nitrogens is 1. The quantitative estimate of drug-likeness (QED) is 0.760. The molecule has 0 aromatic carbocycles. The highest BCUT2D eigenvalue weighted by Crippen LogP contribution is 2.28. The van der Waals surface area contributed by atoms with Crippen molar-refractivity contribution in [3.05, 3.63) is 33.2 Å². The maximum atomic E-state index is 12.5. The Morgan fingerprint density at radius 3 is 2.53 bits per heavy atom. The summed E-state index contributed by atoms with van der Waals surface area (Å²) in [6.07, 6.45) is 6.15. The van der Waals surface area contributed by atoms with E-state index >= 15 is 0 Å². The number of aryl methyl sites for hydroxylation is 2. The Morgan fingerprint density at radius 2 is 1.94 bits per heavy atom. The van der Waals surface area contributed by atoms with Gasteiger partial charge >= 0.3 is 0 Å². The molecule has 1 aromatic rings. The number of alkyl halides is 1. The first-order chi connectivity index (χ1) is 8.15. The van der Waals surface area contributed by atoms with Gasteiger partial charge in [0.15, 0.2) is 0 Å². The van der Waals surface area contributed by atoms with Gasteiger partial charge in [0, 0.05) is 22.6 Å². The van der Waals surface area contributed by atoms with Crippen molar-refractivity contribution in [2.75, 3.05) is 0 Å². The van der Waals surface area contributed by atoms with E-state index in [1.165, 1.54) is 19.3 Å². The van der Waals surface area contributed by atoms with Crippen molar-refractivity contribution in [1.29, 1.82) is 0 Å². The van der Waals surface area contributed by atoms with Crippen molar-refractivity contribution in [1.82, 2.24) is 4.57 Å². The highest BCUT2D eigenvalue weighted by molar-refractivity contribution is 9.08. The molecule has 3 heteroatoms. The van der Waals surface area contributed by atoms with Crippen LogP contribution >= 0.6 is 15.9 Å². The molecule has 0 N–H and O–H groups in total. The molecule has 0 atom stereocenters. The van der Waals surface area contributed by atoms with Gasteiger partial charge in [-0.3, -0.25) is 4.79 Å². The third-order valence-corrected chi connectivity index (χ3v) is 4.39. The van der Waals surface area contributed by atoms with Crippen LogP contribution in [0.25, 0.3) is 0 Å². The molecule has 17 heavy (non-hydrogen) atoms. The van der Waals surface area contributed by atoms with Crippen molar-refractivity contribution in [3.63, 3.8) is 0 Å². The van der Waals surface area contributed by atoms with Crippen LogP contribution in [0.1, 0.15) is 55.0 Å². The van der Waals surface area contributed by atoms with Crippen LogP contribution in [0.5, 0.6) is 0 Å². The van der Waals surface area contributed by atoms with Gasteiger partial charge in [0.25, 0.3) is 5.56 Å². The molecule has 1 saturated carbocycles. The van der Waals surface area contributed by atoms with E-state index in [0.29, 0.717) is 11.4 Å². The Hall–Kier alpha value is -0.570. The van der Waals surface area contributed by atoms with Crippen LogP contribution in [0.4, 0.5) is 0 Å². The van der Waals surface area contributed by atoms with E-state index in [2.05, 4.69) is 28.9 Å². The maximum absolute atomic E-state index is 12.5. The van der Waals surface area contributed by atoms with Gasteiger partial charge in [-0.2, -0.15) is 0 Å². The first-order valence-electron chi connectivity index (χ1n) is 6.42. The van der Waals surface area contributed by atoms with Crippen LogP contribution < -0.4 is 5.56 Å². The van der Waals surface area contributed by atoms with E-state index in [1.807, 2.05) is 11.5 Å². The van der Waals surface area contributed by atoms with Crippen LogP contribution in [0.3, 0.4) is 0 Å². The lowest BCUT2D eigenvalue weighted by Gasteiger charge is -2.26. The molecular formula is C14H20BrNO. The molecule has 0 spiro atoms. The molecule has 2 nitrogen and oxygen atoms in total. The summed E-state index contributed by atoms with van der Waals surface area (Å²) >= 11 is 3.43. The summed E-state index contributed by atoms with van der Waals surface area (Å²) in [5, 5.41) is 0.657. The van der Waals surface area contributed by atoms with Gasteiger partial charge in [-0.25, -0.2) is 0 Å². The standard InChI is InChI=1S/C14H20BrNO/c1-10-8-11(2)16(14(17)13(10)9-15)12-6-4-3-5-7-12/h8,12H,3-7,9H2,1-2H3. The molecule has 0 saturated heterocycles. The second kappa shape index (κ2) is 5.38. The monoisotopic (exact) mass is 297 g/mol. The molecule has 0 aliphatic heterocycles. The second-order valence-corrected chi connectivity index (χ2v) is 5.61. The Bertz CT molecular complexity index is 458. The Balaban J connectivity index is 2.48. The van der Waals surface area contributed by atoms with Gasteiger partial charge in [0.2, 0.25) is 0 Å². The maximum Gasteiger partial charge on any atom is 0.255 e. The molecule has 0 radical (unpaired) electrons. The molecule has 94 valence electrons. The first kappa shape index (κ1) is 12.9. The molecule has 1 aliphatic rings. The molecule has 1 aliphatic carbocycles. The molecule has 1 fully saturated rings. The van der Waals surface area contributed by atoms with Gasteiger partial charge in [-0.05, 0) is 38.3 Å². The van der Waals surface area contributed by atoms with E-state index in [9.17, 15) is 4.79 Å². The van der Waals surface area contributed by atoms with E-state index in [1.54, 1.807) is 0 Å². The van der Waals surface area contributed by atoms with Crippen molar-refractivity contribution in [2.24, 2.45) is 0 Å². The molecule has 0 amide bonds. The smallest absolute Gasteiger partial charge is 0.255 e. The van der Waals surface area contributed by atoms with Crippen LogP contribution in [0, 0.1) is 13.8 Å². The molecule has 0 bridgehead atoms. The van der Waals surface area contributed by atoms with Gasteiger partial charge in [-0.15, -0.1) is 0 Å². The second-order valence-electron chi connectivity index (χ2n) is 5.05. The Kier molecular flexibility index (Phi) is 4.08. The van der Waals surface area contributed by atoms with Crippen molar-refractivity contribution in [2.45, 2.75) is 57.3 Å². The zero-order chi connectivity index (χ0) is 12.4. The summed E-state index contributed by atoms with van der Waals surface area (Å²) < 4.78 is 2.03. The molecule has 1 heterocycles. The number of nitrogens with zero attached hydrogens (tertiary/aromatic N) is 1. The number of hydrogen-bond donors (Lipinski definition) is 0. The molecule has 2 rings (SSSR count). The lowest BCUT2D eigenvalue weighted by molar-refractivity contribution is 0.340. The van der Waals surface area contributed by atoms with Crippen LogP contribution in [-0.4, -0.2) is 4.57 Å². The molecule has 0 unspecified atom stereocenters. The lowest BCUT2D eigenvalue weighted by atomic mass is 9.94.